The predicted octanol–water partition coefficient (Wildman–Crippen LogP) is 11.8. The molecule has 0 saturated carbocycles. The van der Waals surface area contributed by atoms with Gasteiger partial charge in [0.1, 0.15) is 11.2 Å². The first kappa shape index (κ1) is 17.0. The second kappa shape index (κ2) is 12.2. The standard InChI is InChI=1S/C45H29N3O/c1-4-10-30(11-5-1)32-16-20-35(21-17-32)44-46-43(34-14-8-3-9-15-34)47-45(48-44)36-22-18-33(19-23-36)38-24-26-39-40-28-37(31-12-6-2-7-13-31)25-27-41(40)49-42(39)29-38/h1-29H/i2D,6D,7D,12D,13D,18D,19D,22D,23D,24D,25D,26D,27D,28D,29D. The van der Waals surface area contributed by atoms with Gasteiger partial charge in [0.2, 0.25) is 0 Å². The Labute approximate surface area is 305 Å². The minimum Gasteiger partial charge on any atom is -0.456 e. The molecule has 0 aliphatic carbocycles. The Morgan fingerprint density at radius 3 is 1.53 bits per heavy atom. The Morgan fingerprint density at radius 1 is 0.347 bits per heavy atom. The Morgan fingerprint density at radius 2 is 0.837 bits per heavy atom. The molecule has 7 aromatic carbocycles. The molecule has 9 aromatic rings. The van der Waals surface area contributed by atoms with E-state index in [0.29, 0.717) is 11.1 Å². The van der Waals surface area contributed by atoms with E-state index in [1.54, 1.807) is 24.3 Å². The van der Waals surface area contributed by atoms with Crippen molar-refractivity contribution in [3.05, 3.63) is 176 Å². The van der Waals surface area contributed by atoms with Gasteiger partial charge in [-0.1, -0.05) is 151 Å². The zero-order valence-corrected chi connectivity index (χ0v) is 25.3. The maximum atomic E-state index is 9.26. The Bertz CT molecular complexity index is 3380. The van der Waals surface area contributed by atoms with Crippen LogP contribution in [0.15, 0.2) is 180 Å². The minimum atomic E-state index is -0.744. The van der Waals surface area contributed by atoms with E-state index < -0.39 is 124 Å². The molecule has 230 valence electrons. The summed E-state index contributed by atoms with van der Waals surface area (Å²) >= 11 is 0. The fraction of sp³-hybridized carbons (Fsp3) is 0. The lowest BCUT2D eigenvalue weighted by atomic mass is 10.0. The number of hydrogen-bond donors (Lipinski definition) is 0. The molecule has 4 nitrogen and oxygen atoms in total. The summed E-state index contributed by atoms with van der Waals surface area (Å²) in [6.07, 6.45) is 0. The van der Waals surface area contributed by atoms with Crippen LogP contribution >= 0.6 is 0 Å². The molecular formula is C45H29N3O. The molecule has 0 saturated heterocycles. The van der Waals surface area contributed by atoms with Crippen molar-refractivity contribution in [2.45, 2.75) is 0 Å². The number of aromatic nitrogens is 3. The molecule has 0 aliphatic rings. The first-order valence-electron chi connectivity index (χ1n) is 22.6. The highest BCUT2D eigenvalue weighted by atomic mass is 16.3. The maximum Gasteiger partial charge on any atom is 0.164 e. The van der Waals surface area contributed by atoms with Crippen LogP contribution in [-0.4, -0.2) is 15.0 Å². The molecule has 49 heavy (non-hydrogen) atoms. The number of hydrogen-bond acceptors (Lipinski definition) is 4. The lowest BCUT2D eigenvalue weighted by Gasteiger charge is -2.10. The second-order valence-corrected chi connectivity index (χ2v) is 10.9. The van der Waals surface area contributed by atoms with Crippen LogP contribution in [0, 0.1) is 0 Å². The van der Waals surface area contributed by atoms with Crippen molar-refractivity contribution in [3.63, 3.8) is 0 Å². The van der Waals surface area contributed by atoms with Gasteiger partial charge in [0.05, 0.1) is 20.6 Å². The molecule has 0 spiro atoms. The molecule has 0 amide bonds. The van der Waals surface area contributed by atoms with E-state index in [9.17, 15) is 6.85 Å². The van der Waals surface area contributed by atoms with E-state index in [-0.39, 0.29) is 33.8 Å². The summed E-state index contributed by atoms with van der Waals surface area (Å²) < 4.78 is 138. The van der Waals surface area contributed by atoms with Crippen LogP contribution < -0.4 is 0 Å². The van der Waals surface area contributed by atoms with E-state index in [0.717, 1.165) is 11.1 Å². The van der Waals surface area contributed by atoms with Crippen molar-refractivity contribution in [3.8, 4) is 67.5 Å². The van der Waals surface area contributed by atoms with Gasteiger partial charge in [-0.25, -0.2) is 15.0 Å². The molecule has 4 heteroatoms. The zero-order valence-electron chi connectivity index (χ0n) is 40.3. The first-order chi connectivity index (χ1) is 30.5. The van der Waals surface area contributed by atoms with E-state index in [2.05, 4.69) is 9.97 Å². The lowest BCUT2D eigenvalue weighted by molar-refractivity contribution is 0.669. The van der Waals surface area contributed by atoms with E-state index in [4.69, 9.17) is 23.1 Å². The molecule has 0 bridgehead atoms. The van der Waals surface area contributed by atoms with Gasteiger partial charge in [-0.05, 0) is 57.6 Å². The topological polar surface area (TPSA) is 51.8 Å². The third-order valence-electron chi connectivity index (χ3n) is 7.78. The molecule has 0 radical (unpaired) electrons. The Kier molecular flexibility index (Phi) is 4.21. The van der Waals surface area contributed by atoms with Gasteiger partial charge in [-0.2, -0.15) is 0 Å². The third kappa shape index (κ3) is 5.56. The smallest absolute Gasteiger partial charge is 0.164 e. The van der Waals surface area contributed by atoms with E-state index in [1.165, 1.54) is 0 Å². The Balaban J connectivity index is 1.24. The fourth-order valence-corrected chi connectivity index (χ4v) is 5.34. The molecule has 2 aromatic heterocycles. The van der Waals surface area contributed by atoms with Crippen molar-refractivity contribution in [2.75, 3.05) is 0 Å². The van der Waals surface area contributed by atoms with Crippen LogP contribution in [0.5, 0.6) is 0 Å². The van der Waals surface area contributed by atoms with Gasteiger partial charge in [-0.3, -0.25) is 0 Å². The number of furan rings is 1. The molecule has 0 unspecified atom stereocenters. The van der Waals surface area contributed by atoms with Gasteiger partial charge < -0.3 is 4.42 Å². The molecule has 2 heterocycles. The molecule has 0 atom stereocenters. The van der Waals surface area contributed by atoms with Crippen LogP contribution in [0.3, 0.4) is 0 Å². The quantitative estimate of drug-likeness (QED) is 0.181. The van der Waals surface area contributed by atoms with Crippen molar-refractivity contribution in [2.24, 2.45) is 0 Å². The third-order valence-corrected chi connectivity index (χ3v) is 7.78. The summed E-state index contributed by atoms with van der Waals surface area (Å²) in [6.45, 7) is 0. The van der Waals surface area contributed by atoms with Crippen molar-refractivity contribution >= 4 is 21.9 Å². The lowest BCUT2D eigenvalue weighted by Crippen LogP contribution is -2.00. The number of fused-ring (bicyclic) bond motifs is 3. The van der Waals surface area contributed by atoms with Crippen molar-refractivity contribution in [1.29, 1.82) is 0 Å². The number of benzene rings is 7. The zero-order chi connectivity index (χ0) is 45.6. The van der Waals surface area contributed by atoms with Crippen LogP contribution in [0.2, 0.25) is 0 Å². The molecule has 9 rings (SSSR count). The Hall–Kier alpha value is -6.65. The minimum absolute atomic E-state index is 0.183. The van der Waals surface area contributed by atoms with Gasteiger partial charge in [0.15, 0.2) is 17.5 Å². The largest absolute Gasteiger partial charge is 0.456 e. The van der Waals surface area contributed by atoms with Crippen LogP contribution in [0.1, 0.15) is 20.6 Å². The average Bonchev–Trinajstić information content (AvgIpc) is 3.73. The fourth-order valence-electron chi connectivity index (χ4n) is 5.34. The molecule has 0 fully saturated rings. The summed E-state index contributed by atoms with van der Waals surface area (Å²) in [7, 11) is 0. The molecule has 0 N–H and O–H groups in total. The summed E-state index contributed by atoms with van der Waals surface area (Å²) in [5.41, 5.74) is -0.205. The maximum absolute atomic E-state index is 9.26. The van der Waals surface area contributed by atoms with E-state index in [1.807, 2.05) is 60.7 Å². The van der Waals surface area contributed by atoms with Gasteiger partial charge in [0, 0.05) is 27.5 Å². The first-order valence-corrected chi connectivity index (χ1v) is 15.1. The molecular weight excluding hydrogens is 599 g/mol. The summed E-state index contributed by atoms with van der Waals surface area (Å²) in [4.78, 5) is 14.0. The predicted molar refractivity (Wildman–Crippen MR) is 200 cm³/mol. The average molecular weight is 643 g/mol. The van der Waals surface area contributed by atoms with Gasteiger partial charge >= 0.3 is 0 Å². The van der Waals surface area contributed by atoms with Crippen LogP contribution in [-0.2, 0) is 0 Å². The summed E-state index contributed by atoms with van der Waals surface area (Å²) in [5, 5.41) is -0.670. The monoisotopic (exact) mass is 642 g/mol. The normalized spacial score (nSPS) is 15.6. The SMILES string of the molecule is [2H]c1c([2H])c([2H])c(-c2c([2H])c([2H])c3oc4c([2H])c(-c5c([2H])c([2H])c(-c6nc(-c7ccccc7)nc(-c7ccc(-c8ccccc8)cc7)n6)c([2H])c5[2H])c([2H])c([2H])c4c3c2[2H])c([2H])c1[2H]. The van der Waals surface area contributed by atoms with Crippen LogP contribution in [0.25, 0.3) is 89.5 Å². The van der Waals surface area contributed by atoms with E-state index >= 15 is 0 Å². The van der Waals surface area contributed by atoms with Crippen molar-refractivity contribution in [1.82, 2.24) is 15.0 Å². The highest BCUT2D eigenvalue weighted by molar-refractivity contribution is 6.07. The molecule has 0 aliphatic heterocycles. The van der Waals surface area contributed by atoms with Crippen LogP contribution in [0.4, 0.5) is 0 Å². The number of nitrogens with zero attached hydrogens (tertiary/aromatic N) is 3. The summed E-state index contributed by atoms with van der Waals surface area (Å²) in [5.74, 6) is 0.198. The highest BCUT2D eigenvalue weighted by Gasteiger charge is 2.14. The highest BCUT2D eigenvalue weighted by Crippen LogP contribution is 2.35. The van der Waals surface area contributed by atoms with Gasteiger partial charge in [-0.15, -0.1) is 0 Å². The van der Waals surface area contributed by atoms with Gasteiger partial charge in [0.25, 0.3) is 0 Å². The van der Waals surface area contributed by atoms with Crippen molar-refractivity contribution < 1.29 is 25.0 Å². The number of rotatable bonds is 6. The second-order valence-electron chi connectivity index (χ2n) is 10.9. The summed E-state index contributed by atoms with van der Waals surface area (Å²) in [6, 6.07) is 15.7.